The van der Waals surface area contributed by atoms with Crippen LogP contribution in [-0.4, -0.2) is 42.5 Å². The fourth-order valence-corrected chi connectivity index (χ4v) is 3.22. The van der Waals surface area contributed by atoms with Gasteiger partial charge in [-0.1, -0.05) is 32.6 Å². The van der Waals surface area contributed by atoms with E-state index in [-0.39, 0.29) is 23.0 Å². The molecule has 0 bridgehead atoms. The van der Waals surface area contributed by atoms with Crippen molar-refractivity contribution in [2.24, 2.45) is 5.41 Å². The Labute approximate surface area is 127 Å². The summed E-state index contributed by atoms with van der Waals surface area (Å²) in [5, 5.41) is 8.69. The summed E-state index contributed by atoms with van der Waals surface area (Å²) in [4.78, 5) is 4.02. The van der Waals surface area contributed by atoms with E-state index in [4.69, 9.17) is 5.11 Å². The van der Waals surface area contributed by atoms with Crippen molar-refractivity contribution in [2.45, 2.75) is 38.6 Å². The largest absolute Gasteiger partial charge is 0.384 e. The average Bonchev–Trinajstić information content (AvgIpc) is 2.42. The third-order valence-electron chi connectivity index (χ3n) is 3.50. The second-order valence-corrected chi connectivity index (χ2v) is 7.93. The van der Waals surface area contributed by atoms with Gasteiger partial charge in [-0.15, -0.1) is 0 Å². The van der Waals surface area contributed by atoms with E-state index >= 15 is 0 Å². The van der Waals surface area contributed by atoms with E-state index in [1.165, 1.54) is 22.8 Å². The van der Waals surface area contributed by atoms with Crippen molar-refractivity contribution < 1.29 is 13.5 Å². The first-order chi connectivity index (χ1) is 9.60. The van der Waals surface area contributed by atoms with Crippen molar-refractivity contribution >= 4 is 10.0 Å². The molecular weight excluding hydrogens is 288 g/mol. The molecule has 0 fully saturated rings. The van der Waals surface area contributed by atoms with Crippen LogP contribution < -0.4 is 0 Å². The third-order valence-corrected chi connectivity index (χ3v) is 5.39. The SMILES string of the molecule is CC(N(C)S(=O)(=O)c1cncc(C#CCO)c1)C(C)(C)C. The molecule has 0 saturated heterocycles. The van der Waals surface area contributed by atoms with Gasteiger partial charge < -0.3 is 5.11 Å². The Morgan fingerprint density at radius 1 is 1.38 bits per heavy atom. The lowest BCUT2D eigenvalue weighted by atomic mass is 9.88. The van der Waals surface area contributed by atoms with Gasteiger partial charge in [0.2, 0.25) is 10.0 Å². The first-order valence-electron chi connectivity index (χ1n) is 6.63. The Kier molecular flexibility index (Phi) is 5.51. The quantitative estimate of drug-likeness (QED) is 0.859. The first kappa shape index (κ1) is 17.6. The Morgan fingerprint density at radius 3 is 2.52 bits per heavy atom. The summed E-state index contributed by atoms with van der Waals surface area (Å²) in [7, 11) is -2.06. The molecule has 0 spiro atoms. The van der Waals surface area contributed by atoms with Crippen LogP contribution in [-0.2, 0) is 10.0 Å². The van der Waals surface area contributed by atoms with Gasteiger partial charge in [-0.25, -0.2) is 8.42 Å². The van der Waals surface area contributed by atoms with Crippen molar-refractivity contribution in [1.82, 2.24) is 9.29 Å². The molecule has 1 N–H and O–H groups in total. The summed E-state index contributed by atoms with van der Waals surface area (Å²) in [5.74, 6) is 5.14. The summed E-state index contributed by atoms with van der Waals surface area (Å²) < 4.78 is 26.6. The number of nitrogens with zero attached hydrogens (tertiary/aromatic N) is 2. The minimum Gasteiger partial charge on any atom is -0.384 e. The molecule has 0 amide bonds. The zero-order chi connectivity index (χ0) is 16.3. The van der Waals surface area contributed by atoms with Crippen LogP contribution in [0.5, 0.6) is 0 Å². The van der Waals surface area contributed by atoms with Gasteiger partial charge in [0, 0.05) is 31.0 Å². The molecule has 0 radical (unpaired) electrons. The monoisotopic (exact) mass is 310 g/mol. The van der Waals surface area contributed by atoms with Gasteiger partial charge in [0.05, 0.1) is 0 Å². The predicted molar refractivity (Wildman–Crippen MR) is 82.1 cm³/mol. The number of aliphatic hydroxyl groups is 1. The van der Waals surface area contributed by atoms with Crippen LogP contribution in [0.2, 0.25) is 0 Å². The molecule has 5 nitrogen and oxygen atoms in total. The van der Waals surface area contributed by atoms with Gasteiger partial charge >= 0.3 is 0 Å². The van der Waals surface area contributed by atoms with Gasteiger partial charge in [-0.05, 0) is 18.4 Å². The van der Waals surface area contributed by atoms with Crippen LogP contribution in [0, 0.1) is 17.3 Å². The highest BCUT2D eigenvalue weighted by molar-refractivity contribution is 7.89. The van der Waals surface area contributed by atoms with Crippen LogP contribution >= 0.6 is 0 Å². The molecule has 0 aliphatic carbocycles. The number of rotatable bonds is 3. The second-order valence-electron chi connectivity index (χ2n) is 5.93. The minimum absolute atomic E-state index is 0.103. The van der Waals surface area contributed by atoms with Crippen molar-refractivity contribution in [1.29, 1.82) is 0 Å². The lowest BCUT2D eigenvalue weighted by Gasteiger charge is -2.34. The van der Waals surface area contributed by atoms with E-state index in [1.807, 2.05) is 27.7 Å². The molecule has 0 aromatic carbocycles. The standard InChI is InChI=1S/C15H22N2O3S/c1-12(15(2,3)4)17(5)21(19,20)14-9-13(7-6-8-18)10-16-11-14/h9-12,18H,8H2,1-5H3. The molecule has 1 rings (SSSR count). The minimum atomic E-state index is -3.63. The summed E-state index contributed by atoms with van der Waals surface area (Å²) in [6.07, 6.45) is 2.78. The molecule has 1 atom stereocenters. The summed E-state index contributed by atoms with van der Waals surface area (Å²) in [6.45, 7) is 7.57. The van der Waals surface area contributed by atoms with E-state index in [9.17, 15) is 8.42 Å². The van der Waals surface area contributed by atoms with Crippen LogP contribution in [0.1, 0.15) is 33.3 Å². The highest BCUT2D eigenvalue weighted by Crippen LogP contribution is 2.27. The van der Waals surface area contributed by atoms with Crippen LogP contribution in [0.4, 0.5) is 0 Å². The molecule has 1 aromatic rings. The fourth-order valence-electron chi connectivity index (χ4n) is 1.69. The topological polar surface area (TPSA) is 70.5 Å². The number of pyridine rings is 1. The van der Waals surface area contributed by atoms with Crippen LogP contribution in [0.15, 0.2) is 23.4 Å². The van der Waals surface area contributed by atoms with Gasteiger partial charge in [0.25, 0.3) is 0 Å². The van der Waals surface area contributed by atoms with Crippen LogP contribution in [0.3, 0.4) is 0 Å². The van der Waals surface area contributed by atoms with Gasteiger partial charge in [-0.3, -0.25) is 4.98 Å². The maximum absolute atomic E-state index is 12.6. The lowest BCUT2D eigenvalue weighted by molar-refractivity contribution is 0.216. The Morgan fingerprint density at radius 2 is 2.00 bits per heavy atom. The van der Waals surface area contributed by atoms with Gasteiger partial charge in [-0.2, -0.15) is 4.31 Å². The number of hydrogen-bond donors (Lipinski definition) is 1. The van der Waals surface area contributed by atoms with Crippen molar-refractivity contribution in [3.8, 4) is 11.8 Å². The molecule has 1 heterocycles. The molecule has 0 aliphatic heterocycles. The summed E-state index contributed by atoms with van der Waals surface area (Å²) in [6, 6.07) is 1.30. The number of hydrogen-bond acceptors (Lipinski definition) is 4. The maximum atomic E-state index is 12.6. The normalized spacial score (nSPS) is 13.7. The van der Waals surface area contributed by atoms with E-state index in [0.717, 1.165) is 0 Å². The third kappa shape index (κ3) is 4.27. The smallest absolute Gasteiger partial charge is 0.244 e. The van der Waals surface area contributed by atoms with Gasteiger partial charge in [0.1, 0.15) is 11.5 Å². The highest BCUT2D eigenvalue weighted by Gasteiger charge is 2.32. The molecule has 1 aromatic heterocycles. The number of aromatic nitrogens is 1. The molecule has 116 valence electrons. The highest BCUT2D eigenvalue weighted by atomic mass is 32.2. The van der Waals surface area contributed by atoms with Crippen LogP contribution in [0.25, 0.3) is 0 Å². The van der Waals surface area contributed by atoms with E-state index in [1.54, 1.807) is 7.05 Å². The van der Waals surface area contributed by atoms with E-state index in [0.29, 0.717) is 5.56 Å². The summed E-state index contributed by atoms with van der Waals surface area (Å²) in [5.41, 5.74) is 0.283. The van der Waals surface area contributed by atoms with E-state index in [2.05, 4.69) is 16.8 Å². The Bertz CT molecular complexity index is 651. The molecule has 6 heteroatoms. The number of aliphatic hydroxyl groups excluding tert-OH is 1. The fraction of sp³-hybridized carbons (Fsp3) is 0.533. The lowest BCUT2D eigenvalue weighted by Crippen LogP contribution is -2.42. The average molecular weight is 310 g/mol. The first-order valence-corrected chi connectivity index (χ1v) is 8.07. The molecule has 0 aliphatic rings. The molecule has 1 unspecified atom stereocenters. The predicted octanol–water partition coefficient (Wildman–Crippen LogP) is 1.48. The van der Waals surface area contributed by atoms with Crippen molar-refractivity contribution in [2.75, 3.05) is 13.7 Å². The second kappa shape index (κ2) is 6.56. The molecule has 0 saturated carbocycles. The molecule has 21 heavy (non-hydrogen) atoms. The maximum Gasteiger partial charge on any atom is 0.244 e. The summed E-state index contributed by atoms with van der Waals surface area (Å²) >= 11 is 0. The zero-order valence-corrected chi connectivity index (χ0v) is 13.9. The van der Waals surface area contributed by atoms with Crippen molar-refractivity contribution in [3.63, 3.8) is 0 Å². The molecular formula is C15H22N2O3S. The van der Waals surface area contributed by atoms with Gasteiger partial charge in [0.15, 0.2) is 0 Å². The zero-order valence-electron chi connectivity index (χ0n) is 13.1. The van der Waals surface area contributed by atoms with E-state index < -0.39 is 10.0 Å². The Hall–Kier alpha value is -1.42. The number of sulfonamides is 1. The Balaban J connectivity index is 3.19. The van der Waals surface area contributed by atoms with Crippen molar-refractivity contribution in [3.05, 3.63) is 24.0 Å².